The summed E-state index contributed by atoms with van der Waals surface area (Å²) in [5.41, 5.74) is -4.25. The fraction of sp³-hybridized carbons (Fsp3) is 0.524. The Bertz CT molecular complexity index is 813. The van der Waals surface area contributed by atoms with Crippen molar-refractivity contribution >= 4 is 10.1 Å². The molecule has 0 saturated carbocycles. The van der Waals surface area contributed by atoms with E-state index in [0.717, 1.165) is 11.1 Å². The average Bonchev–Trinajstić information content (AvgIpc) is 2.65. The first kappa shape index (κ1) is 25.2. The van der Waals surface area contributed by atoms with Crippen LogP contribution in [0.25, 0.3) is 0 Å². The van der Waals surface area contributed by atoms with Gasteiger partial charge in [-0.2, -0.15) is 21.6 Å². The summed E-state index contributed by atoms with van der Waals surface area (Å²) in [6.45, 7) is 11.3. The molecule has 0 aromatic rings. The van der Waals surface area contributed by atoms with Crippen LogP contribution in [0.3, 0.4) is 0 Å². The Morgan fingerprint density at radius 2 is 1.83 bits per heavy atom. The number of aliphatic hydroxyl groups is 1. The van der Waals surface area contributed by atoms with Gasteiger partial charge < -0.3 is 5.11 Å². The molecule has 0 bridgehead atoms. The van der Waals surface area contributed by atoms with Crippen LogP contribution < -0.4 is 0 Å². The van der Waals surface area contributed by atoms with Crippen LogP contribution in [0.15, 0.2) is 59.9 Å². The topological polar surface area (TPSA) is 63.6 Å². The summed E-state index contributed by atoms with van der Waals surface area (Å²) in [5, 5.41) is 9.76. The molecule has 8 heteroatoms. The summed E-state index contributed by atoms with van der Waals surface area (Å²) in [5.74, 6) is -0.368. The molecule has 164 valence electrons. The maximum absolute atomic E-state index is 12.6. The Morgan fingerprint density at radius 1 is 1.24 bits per heavy atom. The first-order valence-corrected chi connectivity index (χ1v) is 10.9. The van der Waals surface area contributed by atoms with Gasteiger partial charge >= 0.3 is 15.6 Å². The number of aliphatic hydroxyl groups excluding tert-OH is 1. The minimum atomic E-state index is -5.68. The first-order valence-electron chi connectivity index (χ1n) is 9.51. The lowest BCUT2D eigenvalue weighted by atomic mass is 9.67. The van der Waals surface area contributed by atoms with Crippen molar-refractivity contribution in [3.05, 3.63) is 59.9 Å². The summed E-state index contributed by atoms with van der Waals surface area (Å²) in [4.78, 5) is 0. The van der Waals surface area contributed by atoms with E-state index < -0.39 is 33.1 Å². The highest BCUT2D eigenvalue weighted by Crippen LogP contribution is 2.46. The zero-order valence-electron chi connectivity index (χ0n) is 17.2. The van der Waals surface area contributed by atoms with E-state index in [2.05, 4.69) is 10.8 Å². The minimum Gasteiger partial charge on any atom is -0.512 e. The number of allylic oxidation sites excluding steroid dienone is 7. The number of hydrogen-bond acceptors (Lipinski definition) is 4. The number of alkyl halides is 3. The van der Waals surface area contributed by atoms with Crippen molar-refractivity contribution in [2.45, 2.75) is 58.6 Å². The fourth-order valence-electron chi connectivity index (χ4n) is 3.41. The van der Waals surface area contributed by atoms with Crippen LogP contribution in [0.1, 0.15) is 47.0 Å². The largest absolute Gasteiger partial charge is 0.523 e. The summed E-state index contributed by atoms with van der Waals surface area (Å²) in [6, 6.07) is 0. The fourth-order valence-corrected chi connectivity index (χ4v) is 4.05. The molecular weight excluding hydrogens is 405 g/mol. The molecule has 1 rings (SSSR count). The van der Waals surface area contributed by atoms with Crippen molar-refractivity contribution in [1.82, 2.24) is 0 Å². The molecule has 0 fully saturated rings. The molecule has 2 unspecified atom stereocenters. The quantitative estimate of drug-likeness (QED) is 0.205. The van der Waals surface area contributed by atoms with Crippen molar-refractivity contribution in [1.29, 1.82) is 0 Å². The molecule has 4 nitrogen and oxygen atoms in total. The Hall–Kier alpha value is -1.80. The molecule has 0 heterocycles. The molecule has 0 saturated heterocycles. The molecule has 0 radical (unpaired) electrons. The highest BCUT2D eigenvalue weighted by molar-refractivity contribution is 7.87. The summed E-state index contributed by atoms with van der Waals surface area (Å²) >= 11 is 0. The predicted octanol–water partition coefficient (Wildman–Crippen LogP) is 6.12. The van der Waals surface area contributed by atoms with Crippen molar-refractivity contribution < 1.29 is 30.9 Å². The Labute approximate surface area is 171 Å². The number of hydrogen-bond donors (Lipinski definition) is 1. The molecule has 0 aromatic heterocycles. The Balaban J connectivity index is 3.30. The lowest BCUT2D eigenvalue weighted by Crippen LogP contribution is -2.34. The second kappa shape index (κ2) is 9.80. The monoisotopic (exact) mass is 434 g/mol. The average molecular weight is 435 g/mol. The van der Waals surface area contributed by atoms with Gasteiger partial charge in [-0.15, -0.1) is 0 Å². The lowest BCUT2D eigenvalue weighted by molar-refractivity contribution is -0.0568. The Kier molecular flexibility index (Phi) is 8.53. The molecule has 29 heavy (non-hydrogen) atoms. The van der Waals surface area contributed by atoms with Gasteiger partial charge in [0.1, 0.15) is 6.10 Å². The predicted molar refractivity (Wildman–Crippen MR) is 109 cm³/mol. The van der Waals surface area contributed by atoms with Crippen molar-refractivity contribution in [3.8, 4) is 0 Å². The maximum Gasteiger partial charge on any atom is 0.523 e. The van der Waals surface area contributed by atoms with Gasteiger partial charge in [-0.1, -0.05) is 64.7 Å². The van der Waals surface area contributed by atoms with Crippen molar-refractivity contribution in [2.24, 2.45) is 11.3 Å². The minimum absolute atomic E-state index is 0.220. The van der Waals surface area contributed by atoms with Crippen molar-refractivity contribution in [2.75, 3.05) is 0 Å². The molecule has 2 atom stereocenters. The summed E-state index contributed by atoms with van der Waals surface area (Å²) in [7, 11) is -5.68. The molecule has 0 aromatic carbocycles. The maximum atomic E-state index is 12.6. The van der Waals surface area contributed by atoms with Gasteiger partial charge in [-0.25, -0.2) is 0 Å². The summed E-state index contributed by atoms with van der Waals surface area (Å²) < 4.78 is 64.9. The van der Waals surface area contributed by atoms with E-state index in [1.807, 2.05) is 20.8 Å². The van der Waals surface area contributed by atoms with Gasteiger partial charge in [-0.3, -0.25) is 4.18 Å². The van der Waals surface area contributed by atoms with Crippen LogP contribution in [0.4, 0.5) is 13.2 Å². The van der Waals surface area contributed by atoms with E-state index in [-0.39, 0.29) is 5.76 Å². The molecule has 1 aliphatic rings. The van der Waals surface area contributed by atoms with E-state index in [1.54, 1.807) is 37.3 Å². The third-order valence-corrected chi connectivity index (χ3v) is 6.34. The standard InChI is InChI=1S/C21H29F3O4S/c1-6-16(10-12-18(25)7-2)20(8-3,9-4)17-11-13-19(15(5)14-17)28-29(26,27)21(22,23)24/h6,10-15,19,25H,1,7-9H2,2-5H3/b16-10+,18-12+. The Morgan fingerprint density at radius 3 is 2.24 bits per heavy atom. The van der Waals surface area contributed by atoms with Gasteiger partial charge in [0.05, 0.1) is 5.76 Å². The van der Waals surface area contributed by atoms with Crippen molar-refractivity contribution in [3.63, 3.8) is 0 Å². The molecule has 1 aliphatic carbocycles. The van der Waals surface area contributed by atoms with Crippen LogP contribution >= 0.6 is 0 Å². The van der Waals surface area contributed by atoms with E-state index in [4.69, 9.17) is 0 Å². The van der Waals surface area contributed by atoms with Crippen LogP contribution in [0, 0.1) is 11.3 Å². The summed E-state index contributed by atoms with van der Waals surface area (Å²) in [6.07, 6.45) is 10.4. The smallest absolute Gasteiger partial charge is 0.512 e. The normalized spacial score (nSPS) is 21.8. The molecular formula is C21H29F3O4S. The van der Waals surface area contributed by atoms with Crippen LogP contribution in [0.2, 0.25) is 0 Å². The van der Waals surface area contributed by atoms with Gasteiger partial charge in [0.2, 0.25) is 0 Å². The second-order valence-corrected chi connectivity index (χ2v) is 8.49. The highest BCUT2D eigenvalue weighted by atomic mass is 32.2. The third-order valence-electron chi connectivity index (χ3n) is 5.30. The van der Waals surface area contributed by atoms with E-state index in [0.29, 0.717) is 19.3 Å². The zero-order valence-corrected chi connectivity index (χ0v) is 18.0. The van der Waals surface area contributed by atoms with Gasteiger partial charge in [0.15, 0.2) is 0 Å². The van der Waals surface area contributed by atoms with Crippen LogP contribution in [-0.4, -0.2) is 25.1 Å². The second-order valence-electron chi connectivity index (χ2n) is 6.93. The molecule has 1 N–H and O–H groups in total. The van der Waals surface area contributed by atoms with Gasteiger partial charge in [0, 0.05) is 17.8 Å². The number of rotatable bonds is 9. The SMILES string of the molecule is C=C/C(=C\C=C(\O)CC)C(CC)(CC)C1=CC(C)C(OS(=O)(=O)C(F)(F)F)C=C1. The molecule has 0 aliphatic heterocycles. The number of halogens is 3. The van der Waals surface area contributed by atoms with E-state index >= 15 is 0 Å². The van der Waals surface area contributed by atoms with Crippen LogP contribution in [-0.2, 0) is 14.3 Å². The lowest BCUT2D eigenvalue weighted by Gasteiger charge is -2.37. The van der Waals surface area contributed by atoms with Crippen LogP contribution in [0.5, 0.6) is 0 Å². The van der Waals surface area contributed by atoms with Gasteiger partial charge in [0.25, 0.3) is 0 Å². The zero-order chi connectivity index (χ0) is 22.5. The third kappa shape index (κ3) is 5.63. The highest BCUT2D eigenvalue weighted by Gasteiger charge is 2.49. The molecule has 0 spiro atoms. The van der Waals surface area contributed by atoms with E-state index in [1.165, 1.54) is 6.08 Å². The molecule has 0 amide bonds. The van der Waals surface area contributed by atoms with E-state index in [9.17, 15) is 26.7 Å². The van der Waals surface area contributed by atoms with Gasteiger partial charge in [-0.05, 0) is 30.1 Å². The first-order chi connectivity index (χ1) is 13.4.